The molecule has 0 spiro atoms. The van der Waals surface area contributed by atoms with Crippen molar-refractivity contribution in [3.05, 3.63) is 0 Å². The molecule has 4 radical (unpaired) electrons. The average Bonchev–Trinajstić information content (AvgIpc) is 2.95. The molecule has 3 saturated heterocycles. The highest BCUT2D eigenvalue weighted by atomic mass is 31.2. The van der Waals surface area contributed by atoms with E-state index >= 15 is 0 Å². The molecule has 14 nitrogen and oxygen atoms in total. The number of piperidine rings is 1. The summed E-state index contributed by atoms with van der Waals surface area (Å²) >= 11 is 0. The number of ether oxygens (including phenoxy) is 2. The maximum Gasteiger partial charge on any atom is 0.346 e. The summed E-state index contributed by atoms with van der Waals surface area (Å²) in [7, 11) is 8.73. The molecule has 3 rings (SSSR count). The van der Waals surface area contributed by atoms with E-state index < -0.39 is 31.7 Å². The fourth-order valence-electron chi connectivity index (χ4n) is 5.55. The molecule has 3 aliphatic heterocycles. The van der Waals surface area contributed by atoms with Crippen molar-refractivity contribution in [3.8, 4) is 0 Å². The number of hydrogen-bond acceptors (Lipinski definition) is 8. The Bertz CT molecular complexity index is 1070. The zero-order valence-corrected chi connectivity index (χ0v) is 26.9. The SMILES string of the molecule is [B]C1CC(COC(C)(C)C)CN(P(=O)(OCC2CN(C(=O)CCC(=O)O)CC([B])O2)N2CCN(C(=O)CCC(=O)O)CC2)C1. The monoisotopic (exact) mass is 638 g/mol. The van der Waals surface area contributed by atoms with Gasteiger partial charge in [-0.15, -0.1) is 0 Å². The number of carbonyl (C=O) groups is 4. The lowest BCUT2D eigenvalue weighted by atomic mass is 9.77. The second-order valence-corrected chi connectivity index (χ2v) is 15.0. The van der Waals surface area contributed by atoms with Gasteiger partial charge in [0.15, 0.2) is 0 Å². The lowest BCUT2D eigenvalue weighted by Gasteiger charge is -2.47. The number of rotatable bonds is 13. The maximum absolute atomic E-state index is 14.9. The van der Waals surface area contributed by atoms with E-state index in [1.807, 2.05) is 20.8 Å². The lowest BCUT2D eigenvalue weighted by Crippen LogP contribution is -2.53. The standard InChI is InChI=1S/C27H45B2N4O10P/c1-27(2,3)41-17-19-12-20(28)14-33(13-19)44(40,32-10-8-30(9-11-32)23(34)4-6-25(36)37)42-18-21-15-31(16-22(29)43-21)24(35)5-7-26(38)39/h19-22H,4-18H2,1-3H3,(H,36,37)(H,38,39). The number of piperazine rings is 1. The normalized spacial score (nSPS) is 27.1. The van der Waals surface area contributed by atoms with Gasteiger partial charge < -0.3 is 34.0 Å². The van der Waals surface area contributed by atoms with Crippen LogP contribution in [-0.2, 0) is 37.7 Å². The molecule has 0 aromatic carbocycles. The summed E-state index contributed by atoms with van der Waals surface area (Å²) in [6.45, 7) is 8.03. The van der Waals surface area contributed by atoms with Crippen LogP contribution in [-0.4, -0.2) is 152 Å². The molecule has 17 heteroatoms. The van der Waals surface area contributed by atoms with E-state index in [0.717, 1.165) is 0 Å². The average molecular weight is 638 g/mol. The van der Waals surface area contributed by atoms with Crippen molar-refractivity contribution >= 4 is 47.1 Å². The van der Waals surface area contributed by atoms with E-state index in [4.69, 9.17) is 39.9 Å². The molecule has 0 saturated carbocycles. The summed E-state index contributed by atoms with van der Waals surface area (Å²) < 4.78 is 36.5. The number of nitrogens with zero attached hydrogens (tertiary/aromatic N) is 4. The third-order valence-electron chi connectivity index (χ3n) is 7.70. The van der Waals surface area contributed by atoms with E-state index in [2.05, 4.69) is 0 Å². The highest BCUT2D eigenvalue weighted by Crippen LogP contribution is 2.57. The van der Waals surface area contributed by atoms with E-state index in [1.54, 1.807) is 14.2 Å². The molecule has 5 unspecified atom stereocenters. The molecule has 3 fully saturated rings. The fraction of sp³-hybridized carbons (Fsp3) is 0.852. The Hall–Kier alpha value is -1.96. The third-order valence-corrected chi connectivity index (χ3v) is 10.3. The van der Waals surface area contributed by atoms with Crippen LogP contribution < -0.4 is 0 Å². The Morgan fingerprint density at radius 3 is 1.98 bits per heavy atom. The number of carboxylic acids is 2. The highest BCUT2D eigenvalue weighted by molar-refractivity contribution is 7.54. The van der Waals surface area contributed by atoms with Gasteiger partial charge in [-0.1, -0.05) is 12.2 Å². The van der Waals surface area contributed by atoms with Gasteiger partial charge in [0.25, 0.3) is 0 Å². The predicted octanol–water partition coefficient (Wildman–Crippen LogP) is 0.801. The summed E-state index contributed by atoms with van der Waals surface area (Å²) in [5.74, 6) is -3.06. The van der Waals surface area contributed by atoms with Crippen LogP contribution in [0.5, 0.6) is 0 Å². The Morgan fingerprint density at radius 1 is 0.818 bits per heavy atom. The number of carbonyl (C=O) groups excluding carboxylic acids is 2. The lowest BCUT2D eigenvalue weighted by molar-refractivity contribution is -0.146. The Labute approximate surface area is 262 Å². The van der Waals surface area contributed by atoms with E-state index in [-0.39, 0.29) is 101 Å². The van der Waals surface area contributed by atoms with E-state index in [9.17, 15) is 23.7 Å². The molecule has 0 aromatic heterocycles. The summed E-state index contributed by atoms with van der Waals surface area (Å²) in [4.78, 5) is 50.0. The number of hydrogen-bond donors (Lipinski definition) is 2. The van der Waals surface area contributed by atoms with Crippen molar-refractivity contribution in [2.75, 3.05) is 65.6 Å². The predicted molar refractivity (Wildman–Crippen MR) is 161 cm³/mol. The number of amides is 2. The van der Waals surface area contributed by atoms with Crippen LogP contribution in [0.4, 0.5) is 0 Å². The molecule has 3 aliphatic rings. The minimum atomic E-state index is -3.76. The number of carboxylic acid groups (broad SMARTS) is 2. The smallest absolute Gasteiger partial charge is 0.346 e. The van der Waals surface area contributed by atoms with E-state index in [0.29, 0.717) is 26.1 Å². The molecular formula is C27H45B2N4O10P. The first-order valence-corrected chi connectivity index (χ1v) is 16.6. The number of morpholine rings is 1. The first kappa shape index (κ1) is 36.5. The summed E-state index contributed by atoms with van der Waals surface area (Å²) in [5.41, 5.74) is -0.360. The Balaban J connectivity index is 1.75. The van der Waals surface area contributed by atoms with Gasteiger partial charge in [-0.2, -0.15) is 0 Å². The minimum absolute atomic E-state index is 0.00418. The second-order valence-electron chi connectivity index (χ2n) is 12.7. The van der Waals surface area contributed by atoms with Gasteiger partial charge in [0.05, 0.1) is 45.6 Å². The van der Waals surface area contributed by atoms with Gasteiger partial charge in [0, 0.05) is 71.2 Å². The quantitative estimate of drug-likeness (QED) is 0.216. The van der Waals surface area contributed by atoms with Gasteiger partial charge in [0.1, 0.15) is 7.85 Å². The fourth-order valence-corrected chi connectivity index (χ4v) is 8.13. The maximum atomic E-state index is 14.9. The van der Waals surface area contributed by atoms with Crippen LogP contribution in [0, 0.1) is 5.92 Å². The molecule has 2 amide bonds. The van der Waals surface area contributed by atoms with Gasteiger partial charge in [-0.05, 0) is 26.7 Å². The zero-order valence-electron chi connectivity index (χ0n) is 26.0. The highest BCUT2D eigenvalue weighted by Gasteiger charge is 2.45. The van der Waals surface area contributed by atoms with Crippen LogP contribution in [0.2, 0.25) is 5.82 Å². The molecule has 2 N–H and O–H groups in total. The van der Waals surface area contributed by atoms with E-state index in [1.165, 1.54) is 4.90 Å². The minimum Gasteiger partial charge on any atom is -0.481 e. The summed E-state index contributed by atoms with van der Waals surface area (Å²) in [6, 6.07) is -0.826. The molecule has 3 heterocycles. The summed E-state index contributed by atoms with van der Waals surface area (Å²) in [6.07, 6.45) is -0.870. The van der Waals surface area contributed by atoms with Crippen LogP contribution >= 0.6 is 7.67 Å². The topological polar surface area (TPSA) is 166 Å². The van der Waals surface area contributed by atoms with Crippen LogP contribution in [0.1, 0.15) is 52.9 Å². The second kappa shape index (κ2) is 16.0. The first-order chi connectivity index (χ1) is 20.6. The molecule has 44 heavy (non-hydrogen) atoms. The molecular weight excluding hydrogens is 593 g/mol. The van der Waals surface area contributed by atoms with Crippen LogP contribution in [0.15, 0.2) is 0 Å². The third kappa shape index (κ3) is 11.1. The zero-order chi connectivity index (χ0) is 32.7. The number of aliphatic carboxylic acids is 2. The Kier molecular flexibility index (Phi) is 13.3. The van der Waals surface area contributed by atoms with Crippen molar-refractivity contribution in [2.45, 2.75) is 76.4 Å². The van der Waals surface area contributed by atoms with Crippen LogP contribution in [0.25, 0.3) is 0 Å². The van der Waals surface area contributed by atoms with Crippen molar-refractivity contribution in [2.24, 2.45) is 5.92 Å². The van der Waals surface area contributed by atoms with Crippen molar-refractivity contribution in [3.63, 3.8) is 0 Å². The first-order valence-electron chi connectivity index (χ1n) is 15.1. The van der Waals surface area contributed by atoms with Crippen molar-refractivity contribution in [1.29, 1.82) is 0 Å². The van der Waals surface area contributed by atoms with Gasteiger partial charge in [0.2, 0.25) is 11.8 Å². The van der Waals surface area contributed by atoms with Gasteiger partial charge in [-0.25, -0.2) is 9.34 Å². The molecule has 244 valence electrons. The molecule has 0 aliphatic carbocycles. The molecule has 0 bridgehead atoms. The largest absolute Gasteiger partial charge is 0.481 e. The van der Waals surface area contributed by atoms with Crippen LogP contribution in [0.3, 0.4) is 0 Å². The van der Waals surface area contributed by atoms with Crippen molar-refractivity contribution in [1.82, 2.24) is 19.1 Å². The van der Waals surface area contributed by atoms with Gasteiger partial charge >= 0.3 is 19.6 Å². The molecule has 5 atom stereocenters. The Morgan fingerprint density at radius 2 is 1.41 bits per heavy atom. The summed E-state index contributed by atoms with van der Waals surface area (Å²) in [5, 5.41) is 17.9. The van der Waals surface area contributed by atoms with Gasteiger partial charge in [-0.3, -0.25) is 23.7 Å². The molecule has 0 aromatic rings. The van der Waals surface area contributed by atoms with Crippen molar-refractivity contribution < 1.29 is 48.0 Å².